The predicted octanol–water partition coefficient (Wildman–Crippen LogP) is 0.715. The zero-order valence-corrected chi connectivity index (χ0v) is 4.87. The van der Waals surface area contributed by atoms with Crippen LogP contribution in [-0.2, 0) is 0 Å². The molecule has 0 radical (unpaired) electrons. The fourth-order valence-electron chi connectivity index (χ4n) is 0.993. The van der Waals surface area contributed by atoms with E-state index in [0.29, 0.717) is 5.92 Å². The monoisotopic (exact) mass is 100 g/mol. The van der Waals surface area contributed by atoms with Gasteiger partial charge in [-0.05, 0) is 12.3 Å². The highest BCUT2D eigenvalue weighted by Gasteiger charge is 2.48. The third-order valence-corrected chi connectivity index (χ3v) is 1.83. The maximum absolute atomic E-state index is 12.5. The second-order valence-corrected chi connectivity index (χ2v) is 2.59. The maximum atomic E-state index is 12.5. The molecule has 2 heteroatoms. The summed E-state index contributed by atoms with van der Waals surface area (Å²) in [5, 5.41) is 0. The minimum Gasteiger partial charge on any atom is -0.254 e. The first-order chi connectivity index (χ1) is 3.17. The molecule has 0 aliphatic heterocycles. The summed E-state index contributed by atoms with van der Waals surface area (Å²) in [5.74, 6) is 0.382. The molecule has 7 heavy (non-hydrogen) atoms. The van der Waals surface area contributed by atoms with Gasteiger partial charge in [-0.3, -0.25) is 4.39 Å². The summed E-state index contributed by atoms with van der Waals surface area (Å²) >= 11 is 0. The number of halogens is 1. The summed E-state index contributed by atoms with van der Waals surface area (Å²) in [7, 11) is 1.68. The molecular formula is C5H10BF. The minimum absolute atomic E-state index is 0.382. The molecule has 2 unspecified atom stereocenters. The lowest BCUT2D eigenvalue weighted by molar-refractivity contribution is 0.391. The van der Waals surface area contributed by atoms with Gasteiger partial charge in [-0.15, -0.1) is 0 Å². The van der Waals surface area contributed by atoms with E-state index in [-0.39, 0.29) is 0 Å². The predicted molar refractivity (Wildman–Crippen MR) is 30.8 cm³/mol. The van der Waals surface area contributed by atoms with Gasteiger partial charge in [-0.25, -0.2) is 0 Å². The molecular weight excluding hydrogens is 89.9 g/mol. The Morgan fingerprint density at radius 3 is 2.43 bits per heavy atom. The molecule has 0 aromatic carbocycles. The van der Waals surface area contributed by atoms with Crippen molar-refractivity contribution in [1.82, 2.24) is 0 Å². The zero-order valence-electron chi connectivity index (χ0n) is 4.87. The lowest BCUT2D eigenvalue weighted by atomic mass is 9.96. The Bertz CT molecular complexity index is 80.1. The molecule has 40 valence electrons. The molecule has 0 aromatic rings. The van der Waals surface area contributed by atoms with Gasteiger partial charge in [-0.2, -0.15) is 0 Å². The molecule has 1 fully saturated rings. The van der Waals surface area contributed by atoms with Crippen LogP contribution < -0.4 is 0 Å². The largest absolute Gasteiger partial charge is 0.254 e. The molecule has 0 spiro atoms. The summed E-state index contributed by atoms with van der Waals surface area (Å²) in [5.41, 5.74) is -0.783. The molecule has 0 amide bonds. The molecule has 0 aromatic heterocycles. The van der Waals surface area contributed by atoms with Crippen LogP contribution in [0.5, 0.6) is 0 Å². The molecule has 1 aliphatic rings. The molecule has 1 saturated carbocycles. The first-order valence-electron chi connectivity index (χ1n) is 2.85. The van der Waals surface area contributed by atoms with Gasteiger partial charge in [0.15, 0.2) is 7.85 Å². The van der Waals surface area contributed by atoms with Crippen LogP contribution in [0.25, 0.3) is 0 Å². The van der Waals surface area contributed by atoms with Gasteiger partial charge in [0.25, 0.3) is 0 Å². The van der Waals surface area contributed by atoms with Crippen LogP contribution in [0.15, 0.2) is 0 Å². The Labute approximate surface area is 44.5 Å². The average molecular weight is 99.9 g/mol. The van der Waals surface area contributed by atoms with E-state index >= 15 is 0 Å². The van der Waals surface area contributed by atoms with E-state index in [1.165, 1.54) is 0 Å². The molecule has 0 nitrogen and oxygen atoms in total. The van der Waals surface area contributed by atoms with Crippen LogP contribution in [0.2, 0.25) is 0 Å². The van der Waals surface area contributed by atoms with E-state index in [1.54, 1.807) is 7.85 Å². The van der Waals surface area contributed by atoms with E-state index in [2.05, 4.69) is 0 Å². The fourth-order valence-corrected chi connectivity index (χ4v) is 0.993. The second kappa shape index (κ2) is 1.24. The molecule has 1 rings (SSSR count). The van der Waals surface area contributed by atoms with Gasteiger partial charge >= 0.3 is 0 Å². The molecule has 0 saturated heterocycles. The van der Waals surface area contributed by atoms with E-state index in [4.69, 9.17) is 0 Å². The summed E-state index contributed by atoms with van der Waals surface area (Å²) in [6.45, 7) is 2.04. The van der Waals surface area contributed by atoms with Crippen LogP contribution in [0, 0.1) is 5.92 Å². The molecule has 0 bridgehead atoms. The van der Waals surface area contributed by atoms with Crippen molar-refractivity contribution in [2.75, 3.05) is 0 Å². The van der Waals surface area contributed by atoms with Crippen LogP contribution in [-0.4, -0.2) is 13.4 Å². The first kappa shape index (κ1) is 5.14. The summed E-state index contributed by atoms with van der Waals surface area (Å²) < 4.78 is 12.5. The molecule has 0 N–H and O–H groups in total. The fraction of sp³-hybridized carbons (Fsp3) is 1.00. The van der Waals surface area contributed by atoms with E-state index in [9.17, 15) is 4.39 Å². The quantitative estimate of drug-likeness (QED) is 0.426. The van der Waals surface area contributed by atoms with Gasteiger partial charge in [0.1, 0.15) is 0 Å². The highest BCUT2D eigenvalue weighted by atomic mass is 19.1. The molecule has 2 atom stereocenters. The molecule has 1 aliphatic carbocycles. The maximum Gasteiger partial charge on any atom is 0.150 e. The van der Waals surface area contributed by atoms with Gasteiger partial charge < -0.3 is 0 Å². The van der Waals surface area contributed by atoms with Gasteiger partial charge in [0, 0.05) is 0 Å². The number of alkyl halides is 1. The summed E-state index contributed by atoms with van der Waals surface area (Å²) in [6, 6.07) is 0. The van der Waals surface area contributed by atoms with Crippen LogP contribution >= 0.6 is 0 Å². The highest BCUT2D eigenvalue weighted by Crippen LogP contribution is 2.46. The van der Waals surface area contributed by atoms with Gasteiger partial charge in [-0.1, -0.05) is 13.3 Å². The first-order valence-corrected chi connectivity index (χ1v) is 2.85. The highest BCUT2D eigenvalue weighted by molar-refractivity contribution is 6.16. The third kappa shape index (κ3) is 0.791. The van der Waals surface area contributed by atoms with Crippen molar-refractivity contribution in [2.45, 2.75) is 25.3 Å². The summed E-state index contributed by atoms with van der Waals surface area (Å²) in [4.78, 5) is 0. The lowest BCUT2D eigenvalue weighted by Gasteiger charge is -1.91. The van der Waals surface area contributed by atoms with Crippen molar-refractivity contribution >= 4 is 7.85 Å². The van der Waals surface area contributed by atoms with Crippen molar-refractivity contribution in [2.24, 2.45) is 5.92 Å². The zero-order chi connectivity index (χ0) is 5.49. The van der Waals surface area contributed by atoms with Gasteiger partial charge in [0.05, 0.1) is 5.57 Å². The van der Waals surface area contributed by atoms with Gasteiger partial charge in [0.2, 0.25) is 0 Å². The van der Waals surface area contributed by atoms with Crippen molar-refractivity contribution in [3.63, 3.8) is 0 Å². The van der Waals surface area contributed by atoms with Crippen LogP contribution in [0.3, 0.4) is 0 Å². The standard InChI is InChI=1S/C5H10BF/c1-2-4-3-5(4,6)7/h4H,2-3,6H2,1H3. The number of hydrogen-bond acceptors (Lipinski definition) is 0. The van der Waals surface area contributed by atoms with Crippen molar-refractivity contribution < 1.29 is 4.39 Å². The van der Waals surface area contributed by atoms with E-state index < -0.39 is 5.57 Å². The Balaban J connectivity index is 2.30. The molecule has 0 heterocycles. The number of hydrogen-bond donors (Lipinski definition) is 0. The topological polar surface area (TPSA) is 0 Å². The van der Waals surface area contributed by atoms with Crippen LogP contribution in [0.4, 0.5) is 4.39 Å². The normalized spacial score (nSPS) is 49.1. The third-order valence-electron chi connectivity index (χ3n) is 1.83. The second-order valence-electron chi connectivity index (χ2n) is 2.59. The minimum atomic E-state index is -0.783. The Morgan fingerprint density at radius 1 is 2.00 bits per heavy atom. The lowest BCUT2D eigenvalue weighted by Crippen LogP contribution is -2.00. The Kier molecular flexibility index (Phi) is 0.908. The average Bonchev–Trinajstić information content (AvgIpc) is 2.13. The van der Waals surface area contributed by atoms with Crippen molar-refractivity contribution in [3.8, 4) is 0 Å². The SMILES string of the molecule is BC1(F)CC1CC. The van der Waals surface area contributed by atoms with Crippen LogP contribution in [0.1, 0.15) is 19.8 Å². The van der Waals surface area contributed by atoms with Crippen molar-refractivity contribution in [1.29, 1.82) is 0 Å². The van der Waals surface area contributed by atoms with E-state index in [1.807, 2.05) is 6.92 Å². The number of rotatable bonds is 1. The smallest absolute Gasteiger partial charge is 0.150 e. The van der Waals surface area contributed by atoms with E-state index in [0.717, 1.165) is 12.8 Å². The Morgan fingerprint density at radius 2 is 2.43 bits per heavy atom. The summed E-state index contributed by atoms with van der Waals surface area (Å²) in [6.07, 6.45) is 1.80. The van der Waals surface area contributed by atoms with Crippen molar-refractivity contribution in [3.05, 3.63) is 0 Å². The Hall–Kier alpha value is -0.00506.